The lowest BCUT2D eigenvalue weighted by Gasteiger charge is -2.56. The molecule has 1 aromatic heterocycles. The third-order valence-electron chi connectivity index (χ3n) is 8.88. The first-order valence-electron chi connectivity index (χ1n) is 13.1. The van der Waals surface area contributed by atoms with E-state index in [4.69, 9.17) is 9.47 Å². The number of hydrogen-bond acceptors (Lipinski definition) is 6. The SMILES string of the molecule is COc1ccc(C(=O)N2CCc3c(ncnc3NC(=O)CC34CC5CC(CC(C5)C3)C4)C2)cc1OC. The van der Waals surface area contributed by atoms with E-state index in [1.54, 1.807) is 37.3 Å². The van der Waals surface area contributed by atoms with Gasteiger partial charge in [0.25, 0.3) is 5.91 Å². The molecule has 0 saturated heterocycles. The van der Waals surface area contributed by atoms with E-state index in [2.05, 4.69) is 15.3 Å². The second kappa shape index (κ2) is 9.05. The molecule has 8 heteroatoms. The van der Waals surface area contributed by atoms with Crippen LogP contribution in [0, 0.1) is 23.2 Å². The molecule has 5 aliphatic rings. The maximum absolute atomic E-state index is 13.2. The molecule has 0 radical (unpaired) electrons. The Bertz CT molecular complexity index is 1160. The van der Waals surface area contributed by atoms with Crippen molar-refractivity contribution in [2.24, 2.45) is 23.2 Å². The molecule has 0 atom stereocenters. The molecule has 2 aromatic rings. The summed E-state index contributed by atoms with van der Waals surface area (Å²) in [7, 11) is 3.12. The molecule has 7 rings (SSSR count). The monoisotopic (exact) mass is 490 g/mol. The number of ether oxygens (including phenoxy) is 2. The highest BCUT2D eigenvalue weighted by molar-refractivity contribution is 5.95. The highest BCUT2D eigenvalue weighted by Crippen LogP contribution is 2.61. The van der Waals surface area contributed by atoms with Crippen LogP contribution in [0.15, 0.2) is 24.5 Å². The van der Waals surface area contributed by atoms with Gasteiger partial charge in [-0.3, -0.25) is 9.59 Å². The number of anilines is 1. The van der Waals surface area contributed by atoms with E-state index >= 15 is 0 Å². The van der Waals surface area contributed by atoms with Crippen LogP contribution in [0.1, 0.15) is 66.6 Å². The summed E-state index contributed by atoms with van der Waals surface area (Å²) in [5, 5.41) is 3.12. The zero-order chi connectivity index (χ0) is 24.9. The van der Waals surface area contributed by atoms with Gasteiger partial charge in [-0.05, 0) is 86.3 Å². The summed E-state index contributed by atoms with van der Waals surface area (Å²) in [6.45, 7) is 0.911. The number of hydrogen-bond donors (Lipinski definition) is 1. The van der Waals surface area contributed by atoms with Gasteiger partial charge in [-0.1, -0.05) is 0 Å². The zero-order valence-electron chi connectivity index (χ0n) is 21.1. The van der Waals surface area contributed by atoms with Crippen molar-refractivity contribution in [2.75, 3.05) is 26.1 Å². The molecule has 4 bridgehead atoms. The zero-order valence-corrected chi connectivity index (χ0v) is 21.1. The molecule has 4 aliphatic carbocycles. The summed E-state index contributed by atoms with van der Waals surface area (Å²) in [6.07, 6.45) is 10.4. The molecule has 1 N–H and O–H groups in total. The average molecular weight is 491 g/mol. The van der Waals surface area contributed by atoms with Gasteiger partial charge in [0.05, 0.1) is 26.5 Å². The number of amides is 2. The number of carbonyl (C=O) groups excluding carboxylic acids is 2. The molecule has 0 spiro atoms. The Balaban J connectivity index is 1.14. The third kappa shape index (κ3) is 4.20. The van der Waals surface area contributed by atoms with Crippen LogP contribution in [0.5, 0.6) is 11.5 Å². The van der Waals surface area contributed by atoms with E-state index < -0.39 is 0 Å². The summed E-state index contributed by atoms with van der Waals surface area (Å²) in [5.74, 6) is 4.16. The van der Waals surface area contributed by atoms with Gasteiger partial charge in [0.15, 0.2) is 11.5 Å². The highest BCUT2D eigenvalue weighted by Gasteiger charge is 2.51. The number of benzene rings is 1. The van der Waals surface area contributed by atoms with Gasteiger partial charge >= 0.3 is 0 Å². The van der Waals surface area contributed by atoms with Crippen molar-refractivity contribution >= 4 is 17.6 Å². The lowest BCUT2D eigenvalue weighted by Crippen LogP contribution is -2.47. The molecule has 1 aliphatic heterocycles. The van der Waals surface area contributed by atoms with Crippen LogP contribution in [0.2, 0.25) is 0 Å². The topological polar surface area (TPSA) is 93.6 Å². The fourth-order valence-electron chi connectivity index (χ4n) is 7.81. The molecule has 4 saturated carbocycles. The summed E-state index contributed by atoms with van der Waals surface area (Å²) >= 11 is 0. The summed E-state index contributed by atoms with van der Waals surface area (Å²) in [6, 6.07) is 5.19. The Morgan fingerprint density at radius 2 is 1.72 bits per heavy atom. The van der Waals surface area contributed by atoms with Crippen molar-refractivity contribution < 1.29 is 19.1 Å². The van der Waals surface area contributed by atoms with Gasteiger partial charge in [0, 0.05) is 24.1 Å². The minimum absolute atomic E-state index is 0.0710. The van der Waals surface area contributed by atoms with Crippen molar-refractivity contribution in [1.29, 1.82) is 0 Å². The summed E-state index contributed by atoms with van der Waals surface area (Å²) in [4.78, 5) is 37.1. The maximum atomic E-state index is 13.2. The minimum atomic E-state index is -0.0902. The largest absolute Gasteiger partial charge is 0.493 e. The first-order valence-corrected chi connectivity index (χ1v) is 13.1. The quantitative estimate of drug-likeness (QED) is 0.651. The van der Waals surface area contributed by atoms with E-state index in [-0.39, 0.29) is 17.2 Å². The van der Waals surface area contributed by atoms with Crippen LogP contribution in [-0.4, -0.2) is 47.4 Å². The number of nitrogens with zero attached hydrogens (tertiary/aromatic N) is 3. The van der Waals surface area contributed by atoms with E-state index in [9.17, 15) is 9.59 Å². The Morgan fingerprint density at radius 3 is 2.39 bits per heavy atom. The lowest BCUT2D eigenvalue weighted by atomic mass is 9.49. The number of methoxy groups -OCH3 is 2. The van der Waals surface area contributed by atoms with Crippen LogP contribution in [0.4, 0.5) is 5.82 Å². The number of rotatable bonds is 6. The second-order valence-corrected chi connectivity index (χ2v) is 11.3. The molecule has 190 valence electrons. The number of nitrogens with one attached hydrogen (secondary N) is 1. The smallest absolute Gasteiger partial charge is 0.254 e. The van der Waals surface area contributed by atoms with E-state index in [0.29, 0.717) is 48.8 Å². The Morgan fingerprint density at radius 1 is 1.03 bits per heavy atom. The van der Waals surface area contributed by atoms with E-state index in [1.165, 1.54) is 44.9 Å². The standard InChI is InChI=1S/C28H34N4O4/c1-35-23-4-3-20(10-24(23)36-2)27(34)32-6-5-21-22(15-32)29-16-30-26(21)31-25(33)14-28-11-17-7-18(12-28)9-19(8-17)13-28/h3-4,10,16-19H,5-9,11-15H2,1-2H3,(H,29,30,31,33). The van der Waals surface area contributed by atoms with Gasteiger partial charge < -0.3 is 19.7 Å². The van der Waals surface area contributed by atoms with Crippen LogP contribution >= 0.6 is 0 Å². The van der Waals surface area contributed by atoms with Gasteiger partial charge in [-0.15, -0.1) is 0 Å². The first-order chi connectivity index (χ1) is 17.4. The second-order valence-electron chi connectivity index (χ2n) is 11.3. The molecule has 2 heterocycles. The van der Waals surface area contributed by atoms with Crippen molar-refractivity contribution in [1.82, 2.24) is 14.9 Å². The van der Waals surface area contributed by atoms with Gasteiger partial charge in [-0.2, -0.15) is 0 Å². The number of aromatic nitrogens is 2. The van der Waals surface area contributed by atoms with Crippen molar-refractivity contribution in [3.63, 3.8) is 0 Å². The van der Waals surface area contributed by atoms with Crippen LogP contribution < -0.4 is 14.8 Å². The fraction of sp³-hybridized carbons (Fsp3) is 0.571. The van der Waals surface area contributed by atoms with Crippen molar-refractivity contribution in [3.05, 3.63) is 41.3 Å². The molecule has 36 heavy (non-hydrogen) atoms. The summed E-state index contributed by atoms with van der Waals surface area (Å²) in [5.41, 5.74) is 2.45. The molecular weight excluding hydrogens is 456 g/mol. The Labute approximate surface area is 211 Å². The lowest BCUT2D eigenvalue weighted by molar-refractivity contribution is -0.124. The predicted octanol–water partition coefficient (Wildman–Crippen LogP) is 4.24. The number of carbonyl (C=O) groups is 2. The molecule has 1 aromatic carbocycles. The van der Waals surface area contributed by atoms with Crippen LogP contribution in [0.25, 0.3) is 0 Å². The van der Waals surface area contributed by atoms with Gasteiger partial charge in [0.1, 0.15) is 12.1 Å². The fourth-order valence-corrected chi connectivity index (χ4v) is 7.81. The van der Waals surface area contributed by atoms with Crippen molar-refractivity contribution in [3.8, 4) is 11.5 Å². The number of fused-ring (bicyclic) bond motifs is 1. The van der Waals surface area contributed by atoms with E-state index in [1.807, 2.05) is 0 Å². The van der Waals surface area contributed by atoms with Crippen LogP contribution in [0.3, 0.4) is 0 Å². The Hall–Kier alpha value is -3.16. The van der Waals surface area contributed by atoms with Crippen molar-refractivity contribution in [2.45, 2.75) is 57.9 Å². The third-order valence-corrected chi connectivity index (χ3v) is 8.88. The molecule has 8 nitrogen and oxygen atoms in total. The van der Waals surface area contributed by atoms with Gasteiger partial charge in [0.2, 0.25) is 5.91 Å². The maximum Gasteiger partial charge on any atom is 0.254 e. The molecule has 2 amide bonds. The summed E-state index contributed by atoms with van der Waals surface area (Å²) < 4.78 is 10.6. The Kier molecular flexibility index (Phi) is 5.85. The molecule has 4 fully saturated rings. The predicted molar refractivity (Wildman–Crippen MR) is 134 cm³/mol. The molecule has 0 unspecified atom stereocenters. The van der Waals surface area contributed by atoms with Crippen LogP contribution in [-0.2, 0) is 17.8 Å². The normalized spacial score (nSPS) is 27.9. The first kappa shape index (κ1) is 23.3. The molecular formula is C28H34N4O4. The van der Waals surface area contributed by atoms with E-state index in [0.717, 1.165) is 29.0 Å². The van der Waals surface area contributed by atoms with Gasteiger partial charge in [-0.25, -0.2) is 9.97 Å². The highest BCUT2D eigenvalue weighted by atomic mass is 16.5. The average Bonchev–Trinajstić information content (AvgIpc) is 2.86. The minimum Gasteiger partial charge on any atom is -0.493 e.